The number of ether oxygens (including phenoxy) is 2. The van der Waals surface area contributed by atoms with Gasteiger partial charge in [-0.3, -0.25) is 9.69 Å². The van der Waals surface area contributed by atoms with Gasteiger partial charge in [-0.1, -0.05) is 30.3 Å². The molecule has 34 heavy (non-hydrogen) atoms. The van der Waals surface area contributed by atoms with Crippen molar-refractivity contribution in [1.29, 1.82) is 0 Å². The molecule has 6 heteroatoms. The number of aromatic nitrogens is 1. The summed E-state index contributed by atoms with van der Waals surface area (Å²) in [6.45, 7) is 6.05. The van der Waals surface area contributed by atoms with Crippen LogP contribution in [0.2, 0.25) is 0 Å². The second-order valence-corrected chi connectivity index (χ2v) is 8.49. The topological polar surface area (TPSA) is 55.7 Å². The maximum Gasteiger partial charge on any atom is 0.255 e. The third kappa shape index (κ3) is 5.47. The third-order valence-corrected chi connectivity index (χ3v) is 6.15. The minimum atomic E-state index is -0.123. The molecule has 4 aromatic rings. The molecule has 1 saturated heterocycles. The first-order valence-electron chi connectivity index (χ1n) is 11.7. The number of benzene rings is 3. The van der Waals surface area contributed by atoms with Gasteiger partial charge in [-0.2, -0.15) is 0 Å². The first-order valence-corrected chi connectivity index (χ1v) is 11.7. The molecular formula is C28H29N3O3. The Labute approximate surface area is 199 Å². The van der Waals surface area contributed by atoms with E-state index < -0.39 is 0 Å². The van der Waals surface area contributed by atoms with Crippen molar-refractivity contribution in [2.75, 3.05) is 38.2 Å². The van der Waals surface area contributed by atoms with E-state index >= 15 is 0 Å². The van der Waals surface area contributed by atoms with Crippen molar-refractivity contribution in [3.8, 4) is 5.75 Å². The van der Waals surface area contributed by atoms with Gasteiger partial charge in [-0.25, -0.2) is 0 Å². The lowest BCUT2D eigenvalue weighted by Gasteiger charge is -2.26. The fourth-order valence-corrected chi connectivity index (χ4v) is 4.19. The van der Waals surface area contributed by atoms with E-state index in [9.17, 15) is 4.79 Å². The van der Waals surface area contributed by atoms with Crippen LogP contribution in [0.5, 0.6) is 5.75 Å². The van der Waals surface area contributed by atoms with Crippen LogP contribution in [0.25, 0.3) is 10.9 Å². The molecule has 5 rings (SSSR count). The maximum atomic E-state index is 12.8. The van der Waals surface area contributed by atoms with Gasteiger partial charge in [0, 0.05) is 54.5 Å². The Morgan fingerprint density at radius 3 is 2.50 bits per heavy atom. The molecule has 6 nitrogen and oxygen atoms in total. The van der Waals surface area contributed by atoms with Crippen molar-refractivity contribution in [3.63, 3.8) is 0 Å². The predicted molar refractivity (Wildman–Crippen MR) is 134 cm³/mol. The highest BCUT2D eigenvalue weighted by atomic mass is 16.5. The first-order chi connectivity index (χ1) is 16.7. The summed E-state index contributed by atoms with van der Waals surface area (Å²) in [6, 6.07) is 25.4. The van der Waals surface area contributed by atoms with Gasteiger partial charge >= 0.3 is 0 Å². The molecular weight excluding hydrogens is 426 g/mol. The van der Waals surface area contributed by atoms with Crippen molar-refractivity contribution in [2.45, 2.75) is 13.2 Å². The molecule has 0 bridgehead atoms. The number of anilines is 1. The molecule has 1 aliphatic rings. The Morgan fingerprint density at radius 2 is 1.71 bits per heavy atom. The Morgan fingerprint density at radius 1 is 0.912 bits per heavy atom. The smallest absolute Gasteiger partial charge is 0.255 e. The number of hydrogen-bond donors (Lipinski definition) is 1. The average Bonchev–Trinajstić information content (AvgIpc) is 3.30. The van der Waals surface area contributed by atoms with Crippen molar-refractivity contribution in [2.24, 2.45) is 0 Å². The standard InChI is InChI=1S/C28H29N3O3/c32-28(23-8-6-22(7-9-23)21-34-26-4-2-1-3-5-26)29-25-10-11-27-24(20-25)12-13-31(27)15-14-30-16-18-33-19-17-30/h1-13,20H,14-19,21H2,(H,29,32). The number of hydrogen-bond acceptors (Lipinski definition) is 4. The summed E-state index contributed by atoms with van der Waals surface area (Å²) >= 11 is 0. The fourth-order valence-electron chi connectivity index (χ4n) is 4.19. The normalized spacial score (nSPS) is 14.2. The summed E-state index contributed by atoms with van der Waals surface area (Å²) in [5, 5.41) is 4.14. The number of nitrogens with zero attached hydrogens (tertiary/aromatic N) is 2. The van der Waals surface area contributed by atoms with Crippen LogP contribution in [0.1, 0.15) is 15.9 Å². The zero-order valence-electron chi connectivity index (χ0n) is 19.2. The summed E-state index contributed by atoms with van der Waals surface area (Å²) in [5.74, 6) is 0.705. The molecule has 0 unspecified atom stereocenters. The Hall–Kier alpha value is -3.61. The number of rotatable bonds is 8. The number of fused-ring (bicyclic) bond motifs is 1. The van der Waals surface area contributed by atoms with Crippen molar-refractivity contribution in [3.05, 3.63) is 96.2 Å². The van der Waals surface area contributed by atoms with Crippen LogP contribution in [0.15, 0.2) is 85.1 Å². The molecule has 0 spiro atoms. The fraction of sp³-hybridized carbons (Fsp3) is 0.250. The molecule has 0 saturated carbocycles. The van der Waals surface area contributed by atoms with E-state index in [4.69, 9.17) is 9.47 Å². The van der Waals surface area contributed by atoms with E-state index in [1.807, 2.05) is 66.7 Å². The molecule has 0 aliphatic carbocycles. The predicted octanol–water partition coefficient (Wildman–Crippen LogP) is 4.80. The number of morpholine rings is 1. The Balaban J connectivity index is 1.17. The van der Waals surface area contributed by atoms with E-state index in [1.165, 1.54) is 5.52 Å². The molecule has 0 atom stereocenters. The van der Waals surface area contributed by atoms with Gasteiger partial charge < -0.3 is 19.4 Å². The number of carbonyl (C=O) groups excluding carboxylic acids is 1. The lowest BCUT2D eigenvalue weighted by Crippen LogP contribution is -2.38. The molecule has 3 aromatic carbocycles. The third-order valence-electron chi connectivity index (χ3n) is 6.15. The van der Waals surface area contributed by atoms with E-state index in [2.05, 4.69) is 33.1 Å². The summed E-state index contributed by atoms with van der Waals surface area (Å²) < 4.78 is 13.5. The van der Waals surface area contributed by atoms with Crippen molar-refractivity contribution < 1.29 is 14.3 Å². The zero-order chi connectivity index (χ0) is 23.2. The van der Waals surface area contributed by atoms with Crippen LogP contribution in [0.4, 0.5) is 5.69 Å². The SMILES string of the molecule is O=C(Nc1ccc2c(ccn2CCN2CCOCC2)c1)c1ccc(COc2ccccc2)cc1. The Bertz CT molecular complexity index is 1230. The van der Waals surface area contributed by atoms with E-state index in [-0.39, 0.29) is 5.91 Å². The number of para-hydroxylation sites is 1. The van der Waals surface area contributed by atoms with Crippen molar-refractivity contribution in [1.82, 2.24) is 9.47 Å². The van der Waals surface area contributed by atoms with Gasteiger partial charge in [-0.05, 0) is 54.1 Å². The quantitative estimate of drug-likeness (QED) is 0.415. The Kier molecular flexibility index (Phi) is 6.89. The van der Waals surface area contributed by atoms with E-state index in [0.717, 1.165) is 61.8 Å². The summed E-state index contributed by atoms with van der Waals surface area (Å²) in [5.41, 5.74) is 3.60. The first kappa shape index (κ1) is 22.2. The second kappa shape index (κ2) is 10.5. The monoisotopic (exact) mass is 455 g/mol. The average molecular weight is 456 g/mol. The van der Waals surface area contributed by atoms with Gasteiger partial charge in [0.1, 0.15) is 12.4 Å². The molecule has 0 radical (unpaired) electrons. The number of carbonyl (C=O) groups is 1. The largest absolute Gasteiger partial charge is 0.489 e. The highest BCUT2D eigenvalue weighted by molar-refractivity contribution is 6.05. The van der Waals surface area contributed by atoms with Crippen LogP contribution < -0.4 is 10.1 Å². The number of amides is 1. The van der Waals surface area contributed by atoms with Gasteiger partial charge in [0.2, 0.25) is 0 Å². The molecule has 1 amide bonds. The molecule has 1 fully saturated rings. The van der Waals surface area contributed by atoms with Crippen LogP contribution in [-0.2, 0) is 17.9 Å². The molecule has 174 valence electrons. The summed E-state index contributed by atoms with van der Waals surface area (Å²) in [4.78, 5) is 15.2. The summed E-state index contributed by atoms with van der Waals surface area (Å²) in [6.07, 6.45) is 2.12. The number of nitrogens with one attached hydrogen (secondary N) is 1. The van der Waals surface area contributed by atoms with Crippen molar-refractivity contribution >= 4 is 22.5 Å². The highest BCUT2D eigenvalue weighted by Gasteiger charge is 2.11. The van der Waals surface area contributed by atoms with Crippen LogP contribution in [-0.4, -0.2) is 48.2 Å². The van der Waals surface area contributed by atoms with Crippen LogP contribution >= 0.6 is 0 Å². The minimum absolute atomic E-state index is 0.123. The minimum Gasteiger partial charge on any atom is -0.489 e. The lowest BCUT2D eigenvalue weighted by atomic mass is 10.1. The molecule has 2 heterocycles. The van der Waals surface area contributed by atoms with Gasteiger partial charge in [0.15, 0.2) is 0 Å². The van der Waals surface area contributed by atoms with Gasteiger partial charge in [0.25, 0.3) is 5.91 Å². The molecule has 1 aromatic heterocycles. The highest BCUT2D eigenvalue weighted by Crippen LogP contribution is 2.21. The molecule has 1 N–H and O–H groups in total. The van der Waals surface area contributed by atoms with Gasteiger partial charge in [-0.15, -0.1) is 0 Å². The lowest BCUT2D eigenvalue weighted by molar-refractivity contribution is 0.0365. The molecule has 1 aliphatic heterocycles. The van der Waals surface area contributed by atoms with E-state index in [1.54, 1.807) is 0 Å². The van der Waals surface area contributed by atoms with Crippen LogP contribution in [0, 0.1) is 0 Å². The van der Waals surface area contributed by atoms with E-state index in [0.29, 0.717) is 12.2 Å². The second-order valence-electron chi connectivity index (χ2n) is 8.49. The summed E-state index contributed by atoms with van der Waals surface area (Å²) in [7, 11) is 0. The van der Waals surface area contributed by atoms with Gasteiger partial charge in [0.05, 0.1) is 13.2 Å². The maximum absolute atomic E-state index is 12.8. The zero-order valence-corrected chi connectivity index (χ0v) is 19.2. The van der Waals surface area contributed by atoms with Crippen LogP contribution in [0.3, 0.4) is 0 Å².